The highest BCUT2D eigenvalue weighted by atomic mass is 19.1. The lowest BCUT2D eigenvalue weighted by Crippen LogP contribution is -2.36. The molecule has 1 aromatic rings. The van der Waals surface area contributed by atoms with Crippen molar-refractivity contribution in [2.75, 3.05) is 6.61 Å². The molecule has 0 radical (unpaired) electrons. The Labute approximate surface area is 125 Å². The molecular formula is C17H21FO3. The Balaban J connectivity index is 2.23. The fraction of sp³-hybridized carbons (Fsp3) is 0.529. The molecule has 0 spiro atoms. The molecule has 1 fully saturated rings. The molecule has 0 aromatic heterocycles. The lowest BCUT2D eigenvalue weighted by Gasteiger charge is -2.27. The number of hydrogen-bond donors (Lipinski definition) is 1. The summed E-state index contributed by atoms with van der Waals surface area (Å²) < 4.78 is 25.7. The quantitative estimate of drug-likeness (QED) is 0.852. The van der Waals surface area contributed by atoms with Crippen molar-refractivity contribution in [3.63, 3.8) is 0 Å². The van der Waals surface area contributed by atoms with Crippen LogP contribution < -0.4 is 4.74 Å². The summed E-state index contributed by atoms with van der Waals surface area (Å²) in [5.74, 6) is 5.02. The number of aliphatic hydroxyl groups excluding tert-OH is 1. The summed E-state index contributed by atoms with van der Waals surface area (Å²) >= 11 is 0. The standard InChI is InChI=1S/C17H21FO3/c1-16(2)11-15(17(3,4)21-16)20-14-10-12(6-5-9-19)7-8-13(14)18/h7-8,10,15,19H,9,11H2,1-4H3. The minimum absolute atomic E-state index is 0.166. The highest BCUT2D eigenvalue weighted by Gasteiger charge is 2.47. The first kappa shape index (κ1) is 15.8. The summed E-state index contributed by atoms with van der Waals surface area (Å²) in [6, 6.07) is 4.44. The van der Waals surface area contributed by atoms with Crippen LogP contribution in [-0.4, -0.2) is 29.0 Å². The van der Waals surface area contributed by atoms with E-state index >= 15 is 0 Å². The normalized spacial score (nSPS) is 22.5. The van der Waals surface area contributed by atoms with Gasteiger partial charge in [-0.25, -0.2) is 4.39 Å². The van der Waals surface area contributed by atoms with Crippen molar-refractivity contribution in [3.8, 4) is 17.6 Å². The summed E-state index contributed by atoms with van der Waals surface area (Å²) in [6.07, 6.45) is 0.453. The zero-order valence-electron chi connectivity index (χ0n) is 12.9. The van der Waals surface area contributed by atoms with E-state index < -0.39 is 11.4 Å². The van der Waals surface area contributed by atoms with E-state index in [2.05, 4.69) is 11.8 Å². The molecule has 1 N–H and O–H groups in total. The van der Waals surface area contributed by atoms with E-state index in [0.717, 1.165) is 0 Å². The summed E-state index contributed by atoms with van der Waals surface area (Å²) in [5, 5.41) is 8.71. The molecule has 1 saturated heterocycles. The van der Waals surface area contributed by atoms with Gasteiger partial charge >= 0.3 is 0 Å². The summed E-state index contributed by atoms with van der Waals surface area (Å²) in [7, 11) is 0. The Hall–Kier alpha value is -1.57. The smallest absolute Gasteiger partial charge is 0.165 e. The van der Waals surface area contributed by atoms with Crippen molar-refractivity contribution in [2.45, 2.75) is 51.4 Å². The number of ether oxygens (including phenoxy) is 2. The van der Waals surface area contributed by atoms with E-state index in [4.69, 9.17) is 14.6 Å². The maximum absolute atomic E-state index is 13.9. The van der Waals surface area contributed by atoms with Crippen LogP contribution in [-0.2, 0) is 4.74 Å². The Morgan fingerprint density at radius 2 is 2.10 bits per heavy atom. The van der Waals surface area contributed by atoms with Gasteiger partial charge < -0.3 is 14.6 Å². The van der Waals surface area contributed by atoms with Crippen molar-refractivity contribution in [3.05, 3.63) is 29.6 Å². The van der Waals surface area contributed by atoms with Crippen LogP contribution in [0.25, 0.3) is 0 Å². The van der Waals surface area contributed by atoms with E-state index in [1.807, 2.05) is 27.7 Å². The monoisotopic (exact) mass is 292 g/mol. The zero-order valence-corrected chi connectivity index (χ0v) is 12.9. The van der Waals surface area contributed by atoms with Gasteiger partial charge in [-0.05, 0) is 45.9 Å². The number of benzene rings is 1. The van der Waals surface area contributed by atoms with Crippen molar-refractivity contribution in [1.82, 2.24) is 0 Å². The van der Waals surface area contributed by atoms with Crippen LogP contribution in [0.5, 0.6) is 5.75 Å². The van der Waals surface area contributed by atoms with E-state index in [1.165, 1.54) is 6.07 Å². The SMILES string of the molecule is CC1(C)CC(Oc2cc(C#CCO)ccc2F)C(C)(C)O1. The topological polar surface area (TPSA) is 38.7 Å². The number of hydrogen-bond acceptors (Lipinski definition) is 3. The minimum Gasteiger partial charge on any atom is -0.484 e. The second-order valence-corrected chi connectivity index (χ2v) is 6.38. The molecule has 3 nitrogen and oxygen atoms in total. The molecule has 0 saturated carbocycles. The predicted molar refractivity (Wildman–Crippen MR) is 78.6 cm³/mol. The highest BCUT2D eigenvalue weighted by Crippen LogP contribution is 2.39. The van der Waals surface area contributed by atoms with Crippen LogP contribution in [0.3, 0.4) is 0 Å². The van der Waals surface area contributed by atoms with Crippen molar-refractivity contribution in [1.29, 1.82) is 0 Å². The molecule has 1 unspecified atom stereocenters. The summed E-state index contributed by atoms with van der Waals surface area (Å²) in [5.41, 5.74) is -0.168. The van der Waals surface area contributed by atoms with E-state index in [0.29, 0.717) is 12.0 Å². The van der Waals surface area contributed by atoms with Crippen molar-refractivity contribution >= 4 is 0 Å². The van der Waals surface area contributed by atoms with Crippen LogP contribution in [0.15, 0.2) is 18.2 Å². The molecule has 1 aliphatic rings. The van der Waals surface area contributed by atoms with Gasteiger partial charge in [-0.15, -0.1) is 0 Å². The van der Waals surface area contributed by atoms with Crippen LogP contribution >= 0.6 is 0 Å². The lowest BCUT2D eigenvalue weighted by molar-refractivity contribution is -0.0849. The van der Waals surface area contributed by atoms with Gasteiger partial charge in [0, 0.05) is 12.0 Å². The fourth-order valence-electron chi connectivity index (χ4n) is 2.66. The predicted octanol–water partition coefficient (Wildman–Crippen LogP) is 2.89. The fourth-order valence-corrected chi connectivity index (χ4v) is 2.66. The van der Waals surface area contributed by atoms with E-state index in [9.17, 15) is 4.39 Å². The Bertz CT molecular complexity index is 581. The Morgan fingerprint density at radius 1 is 1.38 bits per heavy atom. The van der Waals surface area contributed by atoms with Crippen LogP contribution in [0.1, 0.15) is 39.7 Å². The average Bonchev–Trinajstić information content (AvgIpc) is 2.58. The van der Waals surface area contributed by atoms with Gasteiger partial charge in [0.2, 0.25) is 0 Å². The van der Waals surface area contributed by atoms with Crippen LogP contribution in [0.4, 0.5) is 4.39 Å². The molecular weight excluding hydrogens is 271 g/mol. The van der Waals surface area contributed by atoms with Gasteiger partial charge in [0.1, 0.15) is 18.3 Å². The lowest BCUT2D eigenvalue weighted by atomic mass is 9.97. The zero-order chi connectivity index (χ0) is 15.7. The molecule has 0 bridgehead atoms. The van der Waals surface area contributed by atoms with Gasteiger partial charge in [-0.2, -0.15) is 0 Å². The first-order valence-corrected chi connectivity index (χ1v) is 7.00. The van der Waals surface area contributed by atoms with Crippen LogP contribution in [0.2, 0.25) is 0 Å². The largest absolute Gasteiger partial charge is 0.484 e. The second-order valence-electron chi connectivity index (χ2n) is 6.38. The third-order valence-electron chi connectivity index (χ3n) is 3.50. The second kappa shape index (κ2) is 5.67. The third kappa shape index (κ3) is 3.75. The number of halogens is 1. The highest BCUT2D eigenvalue weighted by molar-refractivity contribution is 5.41. The molecule has 1 aliphatic heterocycles. The number of aliphatic hydroxyl groups is 1. The van der Waals surface area contributed by atoms with Crippen molar-refractivity contribution < 1.29 is 19.0 Å². The van der Waals surface area contributed by atoms with Gasteiger partial charge in [0.25, 0.3) is 0 Å². The van der Waals surface area contributed by atoms with Gasteiger partial charge in [0.05, 0.1) is 5.60 Å². The Kier molecular flexibility index (Phi) is 4.27. The number of rotatable bonds is 2. The van der Waals surface area contributed by atoms with Gasteiger partial charge in [-0.1, -0.05) is 11.8 Å². The van der Waals surface area contributed by atoms with Gasteiger partial charge in [0.15, 0.2) is 11.6 Å². The molecule has 1 heterocycles. The molecule has 21 heavy (non-hydrogen) atoms. The summed E-state index contributed by atoms with van der Waals surface area (Å²) in [4.78, 5) is 0. The molecule has 1 aromatic carbocycles. The van der Waals surface area contributed by atoms with Gasteiger partial charge in [-0.3, -0.25) is 0 Å². The third-order valence-corrected chi connectivity index (χ3v) is 3.50. The van der Waals surface area contributed by atoms with Crippen LogP contribution in [0, 0.1) is 17.7 Å². The first-order chi connectivity index (χ1) is 9.73. The Morgan fingerprint density at radius 3 is 2.67 bits per heavy atom. The van der Waals surface area contributed by atoms with Crippen molar-refractivity contribution in [2.24, 2.45) is 0 Å². The summed E-state index contributed by atoms with van der Waals surface area (Å²) in [6.45, 7) is 7.65. The molecule has 0 aliphatic carbocycles. The molecule has 1 atom stereocenters. The maximum atomic E-state index is 13.9. The molecule has 114 valence electrons. The maximum Gasteiger partial charge on any atom is 0.165 e. The molecule has 4 heteroatoms. The molecule has 2 rings (SSSR count). The minimum atomic E-state index is -0.483. The first-order valence-electron chi connectivity index (χ1n) is 7.00. The molecule has 0 amide bonds. The average molecular weight is 292 g/mol. The van der Waals surface area contributed by atoms with E-state index in [1.54, 1.807) is 12.1 Å². The van der Waals surface area contributed by atoms with E-state index in [-0.39, 0.29) is 24.1 Å².